The van der Waals surface area contributed by atoms with E-state index in [-0.39, 0.29) is 30.4 Å². The van der Waals surface area contributed by atoms with Gasteiger partial charge in [-0.2, -0.15) is 0 Å². The summed E-state index contributed by atoms with van der Waals surface area (Å²) in [5.41, 5.74) is -0.260. The molecule has 0 bridgehead atoms. The number of nitrogens with zero attached hydrogens (tertiary/aromatic N) is 3. The standard InChI is InChI=1S/C12H17N4O5P/c1-8(2)16-7-13-10-9(16)11(17)15(12(18)14-10)5-3-4-6-21-22(19)20/h7-8H,3-6H2,1-2H3,(H-,14,17,18,19,20)/p+1. The van der Waals surface area contributed by atoms with Gasteiger partial charge in [0.1, 0.15) is 6.61 Å². The number of aromatic nitrogens is 4. The molecule has 0 aliphatic rings. The quantitative estimate of drug-likeness (QED) is 0.576. The van der Waals surface area contributed by atoms with Gasteiger partial charge in [0.2, 0.25) is 0 Å². The highest BCUT2D eigenvalue weighted by molar-refractivity contribution is 7.32. The van der Waals surface area contributed by atoms with E-state index in [4.69, 9.17) is 4.89 Å². The van der Waals surface area contributed by atoms with Crippen molar-refractivity contribution in [2.45, 2.75) is 39.3 Å². The first-order valence-electron chi connectivity index (χ1n) is 6.90. The van der Waals surface area contributed by atoms with Gasteiger partial charge in [0.15, 0.2) is 11.2 Å². The topological polar surface area (TPSA) is 119 Å². The molecule has 0 aromatic carbocycles. The summed E-state index contributed by atoms with van der Waals surface area (Å²) in [6, 6.07) is 0.0475. The second-order valence-corrected chi connectivity index (χ2v) is 5.84. The third kappa shape index (κ3) is 3.49. The van der Waals surface area contributed by atoms with Gasteiger partial charge in [-0.1, -0.05) is 0 Å². The predicted octanol–water partition coefficient (Wildman–Crippen LogP) is 0.914. The molecule has 0 amide bonds. The van der Waals surface area contributed by atoms with Crippen LogP contribution in [0.1, 0.15) is 32.7 Å². The van der Waals surface area contributed by atoms with E-state index in [1.54, 1.807) is 4.57 Å². The molecule has 1 atom stereocenters. The van der Waals surface area contributed by atoms with Crippen LogP contribution in [-0.4, -0.2) is 30.6 Å². The van der Waals surface area contributed by atoms with E-state index in [1.807, 2.05) is 13.8 Å². The number of hydrogen-bond acceptors (Lipinski definition) is 5. The first kappa shape index (κ1) is 16.5. The lowest BCUT2D eigenvalue weighted by atomic mass is 10.3. The number of aromatic amines is 1. The highest BCUT2D eigenvalue weighted by Crippen LogP contribution is 2.14. The second kappa shape index (κ2) is 6.95. The maximum Gasteiger partial charge on any atom is 0.694 e. The smallest absolute Gasteiger partial charge is 0.322 e. The molecule has 1 unspecified atom stereocenters. The Morgan fingerprint density at radius 2 is 2.14 bits per heavy atom. The predicted molar refractivity (Wildman–Crippen MR) is 80.0 cm³/mol. The largest absolute Gasteiger partial charge is 0.694 e. The van der Waals surface area contributed by atoms with Crippen LogP contribution >= 0.6 is 8.25 Å². The van der Waals surface area contributed by atoms with E-state index in [1.165, 1.54) is 6.33 Å². The van der Waals surface area contributed by atoms with E-state index in [0.717, 1.165) is 4.57 Å². The number of imidazole rings is 1. The van der Waals surface area contributed by atoms with Crippen molar-refractivity contribution >= 4 is 19.4 Å². The molecule has 10 heteroatoms. The Bertz CT molecular complexity index is 791. The molecule has 0 aliphatic heterocycles. The van der Waals surface area contributed by atoms with E-state index in [9.17, 15) is 14.2 Å². The Kier molecular flexibility index (Phi) is 5.23. The van der Waals surface area contributed by atoms with Crippen molar-refractivity contribution in [3.05, 3.63) is 27.2 Å². The average molecular weight is 329 g/mol. The normalized spacial score (nSPS) is 12.3. The van der Waals surface area contributed by atoms with Crippen molar-refractivity contribution in [2.24, 2.45) is 0 Å². The molecule has 2 heterocycles. The highest BCUT2D eigenvalue weighted by Gasteiger charge is 2.15. The van der Waals surface area contributed by atoms with Crippen molar-refractivity contribution in [2.75, 3.05) is 6.61 Å². The molecular formula is C12H18N4O5P+. The molecule has 0 saturated carbocycles. The van der Waals surface area contributed by atoms with Crippen LogP contribution < -0.4 is 11.2 Å². The maximum atomic E-state index is 12.5. The first-order chi connectivity index (χ1) is 10.4. The van der Waals surface area contributed by atoms with Crippen LogP contribution in [0.5, 0.6) is 0 Å². The monoisotopic (exact) mass is 329 g/mol. The van der Waals surface area contributed by atoms with Crippen molar-refractivity contribution < 1.29 is 14.0 Å². The third-order valence-corrected chi connectivity index (χ3v) is 3.65. The minimum Gasteiger partial charge on any atom is -0.322 e. The summed E-state index contributed by atoms with van der Waals surface area (Å²) in [7, 11) is -2.61. The molecule has 0 radical (unpaired) electrons. The summed E-state index contributed by atoms with van der Waals surface area (Å²) in [6.07, 6.45) is 2.48. The zero-order valence-electron chi connectivity index (χ0n) is 12.4. The summed E-state index contributed by atoms with van der Waals surface area (Å²) in [5.74, 6) is 0. The third-order valence-electron chi connectivity index (χ3n) is 3.25. The zero-order valence-corrected chi connectivity index (χ0v) is 13.2. The van der Waals surface area contributed by atoms with Crippen LogP contribution in [0.3, 0.4) is 0 Å². The highest BCUT2D eigenvalue weighted by atomic mass is 31.1. The summed E-state index contributed by atoms with van der Waals surface area (Å²) < 4.78 is 17.7. The molecule has 2 rings (SSSR count). The lowest BCUT2D eigenvalue weighted by Crippen LogP contribution is -2.36. The van der Waals surface area contributed by atoms with Gasteiger partial charge < -0.3 is 4.57 Å². The Morgan fingerprint density at radius 3 is 2.77 bits per heavy atom. The van der Waals surface area contributed by atoms with Gasteiger partial charge >= 0.3 is 13.9 Å². The SMILES string of the molecule is CC(C)n1cnc2[nH]c(=O)n(CCCCO[P+](=O)O)c(=O)c21. The molecule has 0 aliphatic carbocycles. The molecule has 22 heavy (non-hydrogen) atoms. The van der Waals surface area contributed by atoms with Gasteiger partial charge in [-0.25, -0.2) is 9.78 Å². The number of unbranched alkanes of at least 4 members (excludes halogenated alkanes) is 1. The van der Waals surface area contributed by atoms with E-state index in [2.05, 4.69) is 14.5 Å². The van der Waals surface area contributed by atoms with Crippen LogP contribution in [0.25, 0.3) is 11.2 Å². The fourth-order valence-electron chi connectivity index (χ4n) is 2.16. The van der Waals surface area contributed by atoms with Crippen LogP contribution in [0.4, 0.5) is 0 Å². The van der Waals surface area contributed by atoms with Gasteiger partial charge in [-0.15, -0.1) is 9.42 Å². The maximum absolute atomic E-state index is 12.5. The fraction of sp³-hybridized carbons (Fsp3) is 0.583. The Balaban J connectivity index is 2.23. The van der Waals surface area contributed by atoms with Crippen molar-refractivity contribution in [1.82, 2.24) is 19.1 Å². The molecule has 2 aromatic heterocycles. The minimum absolute atomic E-state index is 0.0475. The Morgan fingerprint density at radius 1 is 1.41 bits per heavy atom. The van der Waals surface area contributed by atoms with Gasteiger partial charge in [0.25, 0.3) is 5.56 Å². The van der Waals surface area contributed by atoms with Crippen molar-refractivity contribution in [3.63, 3.8) is 0 Å². The summed E-state index contributed by atoms with van der Waals surface area (Å²) in [4.78, 5) is 39.6. The first-order valence-corrected chi connectivity index (χ1v) is 8.03. The Labute approximate surface area is 126 Å². The molecule has 2 aromatic rings. The van der Waals surface area contributed by atoms with Gasteiger partial charge in [-0.3, -0.25) is 14.3 Å². The van der Waals surface area contributed by atoms with E-state index >= 15 is 0 Å². The molecule has 0 saturated heterocycles. The molecule has 0 fully saturated rings. The molecule has 9 nitrogen and oxygen atoms in total. The number of hydrogen-bond donors (Lipinski definition) is 2. The van der Waals surface area contributed by atoms with Gasteiger partial charge in [0.05, 0.1) is 6.33 Å². The zero-order chi connectivity index (χ0) is 16.3. The molecule has 120 valence electrons. The molecule has 0 spiro atoms. The molecule has 2 N–H and O–H groups in total. The van der Waals surface area contributed by atoms with Gasteiger partial charge in [0, 0.05) is 17.2 Å². The lowest BCUT2D eigenvalue weighted by molar-refractivity contribution is 0.272. The Hall–Kier alpha value is -1.83. The summed E-state index contributed by atoms with van der Waals surface area (Å²) in [5, 5.41) is 0. The fourth-order valence-corrected chi connectivity index (χ4v) is 2.45. The second-order valence-electron chi connectivity index (χ2n) is 5.11. The lowest BCUT2D eigenvalue weighted by Gasteiger charge is -2.09. The molecular weight excluding hydrogens is 311 g/mol. The van der Waals surface area contributed by atoms with Crippen LogP contribution in [0, 0.1) is 0 Å². The number of nitrogens with one attached hydrogen (secondary N) is 1. The summed E-state index contributed by atoms with van der Waals surface area (Å²) in [6.45, 7) is 4.15. The van der Waals surface area contributed by atoms with E-state index < -0.39 is 13.9 Å². The van der Waals surface area contributed by atoms with Gasteiger partial charge in [-0.05, 0) is 26.7 Å². The average Bonchev–Trinajstić information content (AvgIpc) is 2.85. The van der Waals surface area contributed by atoms with Crippen LogP contribution in [-0.2, 0) is 15.6 Å². The minimum atomic E-state index is -2.61. The van der Waals surface area contributed by atoms with Crippen LogP contribution in [0.15, 0.2) is 15.9 Å². The van der Waals surface area contributed by atoms with Crippen molar-refractivity contribution in [3.8, 4) is 0 Å². The summed E-state index contributed by atoms with van der Waals surface area (Å²) >= 11 is 0. The number of rotatable bonds is 7. The number of H-pyrrole nitrogens is 1. The van der Waals surface area contributed by atoms with E-state index in [0.29, 0.717) is 18.4 Å². The van der Waals surface area contributed by atoms with Crippen molar-refractivity contribution in [1.29, 1.82) is 0 Å². The number of fused-ring (bicyclic) bond motifs is 1. The van der Waals surface area contributed by atoms with Crippen LogP contribution in [0.2, 0.25) is 0 Å².